The van der Waals surface area contributed by atoms with Crippen molar-refractivity contribution in [2.24, 2.45) is 0 Å². The van der Waals surface area contributed by atoms with E-state index >= 15 is 0 Å². The Labute approximate surface area is 148 Å². The molecule has 0 saturated carbocycles. The monoisotopic (exact) mass is 372 g/mol. The van der Waals surface area contributed by atoms with Crippen LogP contribution in [-0.2, 0) is 4.74 Å². The highest BCUT2D eigenvalue weighted by Gasteiger charge is 2.31. The van der Waals surface area contributed by atoms with Gasteiger partial charge in [-0.25, -0.2) is 0 Å². The Bertz CT molecular complexity index is 727. The standard InChI is InChI=1S/C17H19F3N2O4/c1-3-9-24-10-8-21-16(23)14-11(2)22-26-15(14)12-4-6-13(7-5-12)25-17(18,19)20/h4-7H,3,8-10H2,1-2H3,(H,21,23). The summed E-state index contributed by atoms with van der Waals surface area (Å²) in [6, 6.07) is 5.01. The van der Waals surface area contributed by atoms with Crippen molar-refractivity contribution in [2.45, 2.75) is 26.6 Å². The number of rotatable bonds is 8. The van der Waals surface area contributed by atoms with Crippen LogP contribution in [0.5, 0.6) is 5.75 Å². The molecule has 142 valence electrons. The summed E-state index contributed by atoms with van der Waals surface area (Å²) in [6.07, 6.45) is -3.88. The Balaban J connectivity index is 2.10. The van der Waals surface area contributed by atoms with Crippen LogP contribution in [0.3, 0.4) is 0 Å². The van der Waals surface area contributed by atoms with Crippen molar-refractivity contribution < 1.29 is 32.0 Å². The summed E-state index contributed by atoms with van der Waals surface area (Å²) < 4.78 is 51.0. The van der Waals surface area contributed by atoms with Crippen LogP contribution in [0.1, 0.15) is 29.4 Å². The van der Waals surface area contributed by atoms with Gasteiger partial charge in [-0.3, -0.25) is 4.79 Å². The lowest BCUT2D eigenvalue weighted by Gasteiger charge is -2.09. The minimum Gasteiger partial charge on any atom is -0.406 e. The lowest BCUT2D eigenvalue weighted by atomic mass is 10.1. The summed E-state index contributed by atoms with van der Waals surface area (Å²) >= 11 is 0. The van der Waals surface area contributed by atoms with Crippen molar-refractivity contribution in [3.8, 4) is 17.1 Å². The number of hydrogen-bond donors (Lipinski definition) is 1. The molecule has 0 unspecified atom stereocenters. The molecule has 1 heterocycles. The predicted octanol–water partition coefficient (Wildman–Crippen LogP) is 3.71. The SMILES string of the molecule is CCCOCCNC(=O)c1c(C)noc1-c1ccc(OC(F)(F)F)cc1. The van der Waals surface area contributed by atoms with Gasteiger partial charge in [0, 0.05) is 18.7 Å². The van der Waals surface area contributed by atoms with E-state index in [1.807, 2.05) is 6.92 Å². The van der Waals surface area contributed by atoms with Crippen molar-refractivity contribution >= 4 is 5.91 Å². The first-order chi connectivity index (χ1) is 12.3. The number of amides is 1. The smallest absolute Gasteiger partial charge is 0.406 e. The van der Waals surface area contributed by atoms with E-state index in [-0.39, 0.29) is 17.1 Å². The van der Waals surface area contributed by atoms with Crippen molar-refractivity contribution in [2.75, 3.05) is 19.8 Å². The minimum atomic E-state index is -4.77. The van der Waals surface area contributed by atoms with Gasteiger partial charge in [-0.2, -0.15) is 0 Å². The molecule has 2 rings (SSSR count). The van der Waals surface area contributed by atoms with Crippen LogP contribution in [-0.4, -0.2) is 37.2 Å². The Morgan fingerprint density at radius 3 is 2.54 bits per heavy atom. The zero-order chi connectivity index (χ0) is 19.2. The summed E-state index contributed by atoms with van der Waals surface area (Å²) in [5, 5.41) is 6.48. The van der Waals surface area contributed by atoms with E-state index in [1.54, 1.807) is 6.92 Å². The van der Waals surface area contributed by atoms with E-state index in [0.717, 1.165) is 18.6 Å². The number of carbonyl (C=O) groups excluding carboxylic acids is 1. The second-order valence-corrected chi connectivity index (χ2v) is 5.41. The molecule has 0 aliphatic heterocycles. The second kappa shape index (κ2) is 8.70. The molecule has 1 aromatic heterocycles. The number of benzene rings is 1. The molecule has 0 bridgehead atoms. The van der Waals surface area contributed by atoms with E-state index in [0.29, 0.717) is 31.0 Å². The lowest BCUT2D eigenvalue weighted by Crippen LogP contribution is -2.28. The fourth-order valence-corrected chi connectivity index (χ4v) is 2.21. The average Bonchev–Trinajstić information content (AvgIpc) is 2.95. The van der Waals surface area contributed by atoms with E-state index in [2.05, 4.69) is 15.2 Å². The largest absolute Gasteiger partial charge is 0.573 e. The molecule has 0 atom stereocenters. The quantitative estimate of drug-likeness (QED) is 0.715. The summed E-state index contributed by atoms with van der Waals surface area (Å²) in [4.78, 5) is 12.4. The summed E-state index contributed by atoms with van der Waals surface area (Å²) in [5.41, 5.74) is 1.01. The van der Waals surface area contributed by atoms with Crippen LogP contribution in [0, 0.1) is 6.92 Å². The van der Waals surface area contributed by atoms with Crippen LogP contribution in [0.2, 0.25) is 0 Å². The third kappa shape index (κ3) is 5.48. The predicted molar refractivity (Wildman–Crippen MR) is 86.8 cm³/mol. The molecule has 9 heteroatoms. The number of ether oxygens (including phenoxy) is 2. The first-order valence-corrected chi connectivity index (χ1v) is 8.00. The average molecular weight is 372 g/mol. The van der Waals surface area contributed by atoms with Crippen molar-refractivity contribution in [3.05, 3.63) is 35.5 Å². The highest BCUT2D eigenvalue weighted by atomic mass is 19.4. The van der Waals surface area contributed by atoms with Gasteiger partial charge in [0.15, 0.2) is 5.76 Å². The third-order valence-corrected chi connectivity index (χ3v) is 3.32. The van der Waals surface area contributed by atoms with Gasteiger partial charge in [0.25, 0.3) is 5.91 Å². The maximum Gasteiger partial charge on any atom is 0.573 e. The molecule has 0 spiro atoms. The molecule has 0 aliphatic rings. The van der Waals surface area contributed by atoms with Crippen molar-refractivity contribution in [1.29, 1.82) is 0 Å². The Morgan fingerprint density at radius 1 is 1.23 bits per heavy atom. The number of halogens is 3. The third-order valence-electron chi connectivity index (χ3n) is 3.32. The van der Waals surface area contributed by atoms with Gasteiger partial charge in [-0.05, 0) is 37.6 Å². The Morgan fingerprint density at radius 2 is 1.92 bits per heavy atom. The molecule has 0 fully saturated rings. The van der Waals surface area contributed by atoms with E-state index in [1.165, 1.54) is 12.1 Å². The summed E-state index contributed by atoms with van der Waals surface area (Å²) in [7, 11) is 0. The van der Waals surface area contributed by atoms with Crippen LogP contribution in [0.15, 0.2) is 28.8 Å². The zero-order valence-electron chi connectivity index (χ0n) is 14.4. The summed E-state index contributed by atoms with van der Waals surface area (Å²) in [6.45, 7) is 4.90. The number of aromatic nitrogens is 1. The Hall–Kier alpha value is -2.55. The number of hydrogen-bond acceptors (Lipinski definition) is 5. The number of nitrogens with one attached hydrogen (secondary N) is 1. The topological polar surface area (TPSA) is 73.6 Å². The number of nitrogens with zero attached hydrogens (tertiary/aromatic N) is 1. The normalized spacial score (nSPS) is 11.4. The lowest BCUT2D eigenvalue weighted by molar-refractivity contribution is -0.274. The fraction of sp³-hybridized carbons (Fsp3) is 0.412. The van der Waals surface area contributed by atoms with E-state index in [4.69, 9.17) is 9.26 Å². The second-order valence-electron chi connectivity index (χ2n) is 5.41. The molecule has 1 aromatic carbocycles. The van der Waals surface area contributed by atoms with Crippen molar-refractivity contribution in [1.82, 2.24) is 10.5 Å². The highest BCUT2D eigenvalue weighted by Crippen LogP contribution is 2.29. The summed E-state index contributed by atoms with van der Waals surface area (Å²) in [5.74, 6) is -0.584. The van der Waals surface area contributed by atoms with Gasteiger partial charge in [-0.15, -0.1) is 13.2 Å². The zero-order valence-corrected chi connectivity index (χ0v) is 14.4. The van der Waals surface area contributed by atoms with Gasteiger partial charge in [-0.1, -0.05) is 12.1 Å². The molecular weight excluding hydrogens is 353 g/mol. The van der Waals surface area contributed by atoms with Gasteiger partial charge < -0.3 is 19.3 Å². The van der Waals surface area contributed by atoms with Gasteiger partial charge in [0.05, 0.1) is 12.3 Å². The molecule has 6 nitrogen and oxygen atoms in total. The molecule has 2 aromatic rings. The van der Waals surface area contributed by atoms with Crippen molar-refractivity contribution in [3.63, 3.8) is 0 Å². The number of aryl methyl sites for hydroxylation is 1. The minimum absolute atomic E-state index is 0.174. The molecule has 0 saturated heterocycles. The van der Waals surface area contributed by atoms with Gasteiger partial charge >= 0.3 is 6.36 Å². The van der Waals surface area contributed by atoms with Gasteiger partial charge in [0.1, 0.15) is 11.3 Å². The van der Waals surface area contributed by atoms with Gasteiger partial charge in [0.2, 0.25) is 0 Å². The first-order valence-electron chi connectivity index (χ1n) is 8.00. The molecule has 0 aliphatic carbocycles. The van der Waals surface area contributed by atoms with Crippen LogP contribution >= 0.6 is 0 Å². The highest BCUT2D eigenvalue weighted by molar-refractivity contribution is 6.00. The molecule has 1 amide bonds. The Kier molecular flexibility index (Phi) is 6.62. The molecular formula is C17H19F3N2O4. The number of alkyl halides is 3. The molecule has 26 heavy (non-hydrogen) atoms. The maximum atomic E-state index is 12.4. The van der Waals surface area contributed by atoms with Crippen LogP contribution in [0.4, 0.5) is 13.2 Å². The fourth-order valence-electron chi connectivity index (χ4n) is 2.21. The van der Waals surface area contributed by atoms with Crippen LogP contribution in [0.25, 0.3) is 11.3 Å². The first kappa shape index (κ1) is 19.8. The molecule has 1 N–H and O–H groups in total. The van der Waals surface area contributed by atoms with E-state index < -0.39 is 12.3 Å². The number of carbonyl (C=O) groups is 1. The van der Waals surface area contributed by atoms with Crippen LogP contribution < -0.4 is 10.1 Å². The maximum absolute atomic E-state index is 12.4. The van der Waals surface area contributed by atoms with E-state index in [9.17, 15) is 18.0 Å². The molecule has 0 radical (unpaired) electrons.